The van der Waals surface area contributed by atoms with Gasteiger partial charge in [-0.1, -0.05) is 13.2 Å². The third-order valence-electron chi connectivity index (χ3n) is 1.26. The molecule has 1 aromatic heterocycles. The molecule has 0 unspecified atom stereocenters. The maximum absolute atomic E-state index is 5.46. The Morgan fingerprint density at radius 2 is 2.33 bits per heavy atom. The van der Waals surface area contributed by atoms with Crippen LogP contribution in [0.2, 0.25) is 0 Å². The summed E-state index contributed by atoms with van der Waals surface area (Å²) in [5.74, 6) is 1.11. The summed E-state index contributed by atoms with van der Waals surface area (Å²) in [5, 5.41) is 0. The molecule has 0 fully saturated rings. The van der Waals surface area contributed by atoms with E-state index in [4.69, 9.17) is 5.73 Å². The van der Waals surface area contributed by atoms with Crippen LogP contribution in [0.5, 0.6) is 0 Å². The molecule has 0 amide bonds. The van der Waals surface area contributed by atoms with Crippen LogP contribution >= 0.6 is 0 Å². The minimum atomic E-state index is 0.445. The van der Waals surface area contributed by atoms with Crippen molar-refractivity contribution in [2.75, 3.05) is 5.73 Å². The summed E-state index contributed by atoms with van der Waals surface area (Å²) >= 11 is 0. The second kappa shape index (κ2) is 3.52. The van der Waals surface area contributed by atoms with E-state index in [0.29, 0.717) is 11.6 Å². The molecule has 0 aliphatic heterocycles. The number of aromatic nitrogens is 2. The van der Waals surface area contributed by atoms with Gasteiger partial charge < -0.3 is 5.73 Å². The fraction of sp³-hybridized carbons (Fsp3) is 0. The van der Waals surface area contributed by atoms with Crippen molar-refractivity contribution in [2.24, 2.45) is 4.99 Å². The average molecular weight is 162 g/mol. The Bertz CT molecular complexity index is 322. The van der Waals surface area contributed by atoms with Crippen LogP contribution in [-0.2, 0) is 0 Å². The molecule has 1 rings (SSSR count). The molecule has 0 saturated carbocycles. The Morgan fingerprint density at radius 1 is 1.58 bits per heavy atom. The fourth-order valence-corrected chi connectivity index (χ4v) is 0.790. The standard InChI is InChI=1S/C8H10N4/c1-3-8-11-7(9)5-12(8)6-10-4-2/h3-6H,1-2,9H2/b10-6-. The molecule has 4 nitrogen and oxygen atoms in total. The summed E-state index contributed by atoms with van der Waals surface area (Å²) < 4.78 is 1.67. The predicted octanol–water partition coefficient (Wildman–Crippen LogP) is 1.13. The van der Waals surface area contributed by atoms with Crippen molar-refractivity contribution in [3.63, 3.8) is 0 Å². The topological polar surface area (TPSA) is 56.2 Å². The molecule has 0 radical (unpaired) electrons. The third-order valence-corrected chi connectivity index (χ3v) is 1.26. The molecular weight excluding hydrogens is 152 g/mol. The van der Waals surface area contributed by atoms with E-state index < -0.39 is 0 Å². The van der Waals surface area contributed by atoms with Gasteiger partial charge in [0, 0.05) is 6.20 Å². The highest BCUT2D eigenvalue weighted by Crippen LogP contribution is 2.03. The highest BCUT2D eigenvalue weighted by atomic mass is 15.1. The van der Waals surface area contributed by atoms with Gasteiger partial charge in [-0.2, -0.15) is 0 Å². The first kappa shape index (κ1) is 8.26. The van der Waals surface area contributed by atoms with Crippen molar-refractivity contribution in [3.8, 4) is 0 Å². The van der Waals surface area contributed by atoms with E-state index in [0.717, 1.165) is 0 Å². The lowest BCUT2D eigenvalue weighted by Gasteiger charge is -1.91. The highest BCUT2D eigenvalue weighted by molar-refractivity contribution is 5.65. The lowest BCUT2D eigenvalue weighted by molar-refractivity contribution is 1.13. The number of nitrogens with two attached hydrogens (primary N) is 1. The molecule has 0 spiro atoms. The molecular formula is C8H10N4. The smallest absolute Gasteiger partial charge is 0.142 e. The zero-order chi connectivity index (χ0) is 8.97. The molecule has 0 aliphatic rings. The van der Waals surface area contributed by atoms with Gasteiger partial charge in [-0.05, 0) is 6.08 Å². The first-order valence-corrected chi connectivity index (χ1v) is 3.39. The first-order chi connectivity index (χ1) is 5.77. The minimum Gasteiger partial charge on any atom is -0.382 e. The predicted molar refractivity (Wildman–Crippen MR) is 50.8 cm³/mol. The van der Waals surface area contributed by atoms with Gasteiger partial charge in [0.1, 0.15) is 18.0 Å². The largest absolute Gasteiger partial charge is 0.382 e. The van der Waals surface area contributed by atoms with E-state index in [2.05, 4.69) is 23.1 Å². The zero-order valence-corrected chi connectivity index (χ0v) is 6.64. The molecule has 1 heterocycles. The Labute approximate surface area is 70.8 Å². The van der Waals surface area contributed by atoms with E-state index in [1.54, 1.807) is 23.2 Å². The Morgan fingerprint density at radius 3 is 2.92 bits per heavy atom. The molecule has 12 heavy (non-hydrogen) atoms. The van der Waals surface area contributed by atoms with E-state index in [9.17, 15) is 0 Å². The molecule has 0 aliphatic carbocycles. The lowest BCUT2D eigenvalue weighted by Crippen LogP contribution is -1.95. The number of rotatable bonds is 3. The number of aliphatic imine (C=N–C) groups is 1. The number of nitrogen functional groups attached to an aromatic ring is 1. The van der Waals surface area contributed by atoms with Gasteiger partial charge in [-0.15, -0.1) is 0 Å². The van der Waals surface area contributed by atoms with Gasteiger partial charge in [0.15, 0.2) is 0 Å². The van der Waals surface area contributed by atoms with Crippen LogP contribution in [0.15, 0.2) is 30.5 Å². The van der Waals surface area contributed by atoms with Crippen LogP contribution in [0.25, 0.3) is 6.08 Å². The summed E-state index contributed by atoms with van der Waals surface area (Å²) in [6.45, 7) is 7.04. The Kier molecular flexibility index (Phi) is 2.42. The normalized spacial score (nSPS) is 10.3. The molecule has 0 atom stereocenters. The van der Waals surface area contributed by atoms with E-state index in [1.807, 2.05) is 0 Å². The van der Waals surface area contributed by atoms with Gasteiger partial charge in [0.25, 0.3) is 0 Å². The number of imidazole rings is 1. The second-order valence-corrected chi connectivity index (χ2v) is 2.08. The first-order valence-electron chi connectivity index (χ1n) is 3.39. The Balaban J connectivity index is 3.04. The van der Waals surface area contributed by atoms with Crippen molar-refractivity contribution in [2.45, 2.75) is 0 Å². The summed E-state index contributed by atoms with van der Waals surface area (Å²) in [5.41, 5.74) is 5.46. The number of hydrogen-bond donors (Lipinski definition) is 1. The van der Waals surface area contributed by atoms with Crippen LogP contribution in [-0.4, -0.2) is 15.9 Å². The van der Waals surface area contributed by atoms with Crippen LogP contribution in [0.4, 0.5) is 5.82 Å². The van der Waals surface area contributed by atoms with Gasteiger partial charge in [-0.25, -0.2) is 9.98 Å². The van der Waals surface area contributed by atoms with E-state index in [1.165, 1.54) is 6.20 Å². The number of hydrogen-bond acceptors (Lipinski definition) is 3. The maximum atomic E-state index is 5.46. The number of nitrogens with zero attached hydrogens (tertiary/aromatic N) is 3. The molecule has 0 bridgehead atoms. The molecule has 1 aromatic rings. The van der Waals surface area contributed by atoms with Gasteiger partial charge in [0.05, 0.1) is 6.20 Å². The SMILES string of the molecule is C=C/N=C\n1cc(N)nc1C=C. The van der Waals surface area contributed by atoms with Crippen LogP contribution in [0, 0.1) is 0 Å². The molecule has 0 aromatic carbocycles. The average Bonchev–Trinajstić information content (AvgIpc) is 2.42. The minimum absolute atomic E-state index is 0.445. The molecule has 4 heteroatoms. The van der Waals surface area contributed by atoms with Crippen LogP contribution in [0.3, 0.4) is 0 Å². The van der Waals surface area contributed by atoms with Gasteiger partial charge >= 0.3 is 0 Å². The van der Waals surface area contributed by atoms with Crippen molar-refractivity contribution >= 4 is 18.2 Å². The second-order valence-electron chi connectivity index (χ2n) is 2.08. The van der Waals surface area contributed by atoms with Crippen molar-refractivity contribution < 1.29 is 0 Å². The number of anilines is 1. The van der Waals surface area contributed by atoms with Crippen molar-refractivity contribution in [1.29, 1.82) is 0 Å². The van der Waals surface area contributed by atoms with Crippen molar-refractivity contribution in [1.82, 2.24) is 9.55 Å². The quantitative estimate of drug-likeness (QED) is 0.535. The van der Waals surface area contributed by atoms with Gasteiger partial charge in [-0.3, -0.25) is 4.57 Å². The van der Waals surface area contributed by atoms with Crippen molar-refractivity contribution in [3.05, 3.63) is 31.4 Å². The summed E-state index contributed by atoms with van der Waals surface area (Å²) in [4.78, 5) is 7.80. The lowest BCUT2D eigenvalue weighted by atomic mass is 10.6. The summed E-state index contributed by atoms with van der Waals surface area (Å²) in [6, 6.07) is 0. The monoisotopic (exact) mass is 162 g/mol. The summed E-state index contributed by atoms with van der Waals surface area (Å²) in [6.07, 6.45) is 6.26. The fourth-order valence-electron chi connectivity index (χ4n) is 0.790. The highest BCUT2D eigenvalue weighted by Gasteiger charge is 1.98. The van der Waals surface area contributed by atoms with E-state index >= 15 is 0 Å². The zero-order valence-electron chi connectivity index (χ0n) is 6.64. The summed E-state index contributed by atoms with van der Waals surface area (Å²) in [7, 11) is 0. The van der Waals surface area contributed by atoms with E-state index in [-0.39, 0.29) is 0 Å². The molecule has 2 N–H and O–H groups in total. The third kappa shape index (κ3) is 1.60. The molecule has 0 saturated heterocycles. The van der Waals surface area contributed by atoms with Crippen LogP contribution < -0.4 is 5.73 Å². The molecule has 62 valence electrons. The Hall–Kier alpha value is -1.84. The maximum Gasteiger partial charge on any atom is 0.142 e. The van der Waals surface area contributed by atoms with Crippen LogP contribution in [0.1, 0.15) is 5.82 Å². The van der Waals surface area contributed by atoms with Gasteiger partial charge in [0.2, 0.25) is 0 Å².